The van der Waals surface area contributed by atoms with Gasteiger partial charge < -0.3 is 0 Å². The predicted molar refractivity (Wildman–Crippen MR) is 29.7 cm³/mol. The Morgan fingerprint density at radius 3 is 2.88 bits per heavy atom. The van der Waals surface area contributed by atoms with Gasteiger partial charge in [0.15, 0.2) is 0 Å². The molecule has 3 nitrogen and oxygen atoms in total. The molecule has 1 aliphatic rings. The van der Waals surface area contributed by atoms with Gasteiger partial charge in [0, 0.05) is 20.1 Å². The summed E-state index contributed by atoms with van der Waals surface area (Å²) < 4.78 is 0. The Kier molecular flexibility index (Phi) is 1.47. The lowest BCUT2D eigenvalue weighted by atomic mass is 10.2. The molecular formula is C5H9N3. The van der Waals surface area contributed by atoms with Crippen molar-refractivity contribution >= 4 is 0 Å². The molecule has 0 radical (unpaired) electrons. The zero-order valence-electron chi connectivity index (χ0n) is 4.89. The van der Waals surface area contributed by atoms with Crippen molar-refractivity contribution in [2.24, 2.45) is 5.92 Å². The smallest absolute Gasteiger partial charge is 0.0742 e. The molecule has 0 aromatic heterocycles. The van der Waals surface area contributed by atoms with Gasteiger partial charge in [0.2, 0.25) is 0 Å². The van der Waals surface area contributed by atoms with Crippen molar-refractivity contribution in [3.63, 3.8) is 0 Å². The first kappa shape index (κ1) is 5.54. The molecule has 0 saturated carbocycles. The molecule has 0 aromatic rings. The predicted octanol–water partition coefficient (Wildman–Crippen LogP) is -0.424. The van der Waals surface area contributed by atoms with Crippen LogP contribution >= 0.6 is 0 Å². The van der Waals surface area contributed by atoms with Crippen molar-refractivity contribution in [2.75, 3.05) is 20.1 Å². The van der Waals surface area contributed by atoms with E-state index in [1.54, 1.807) is 0 Å². The summed E-state index contributed by atoms with van der Waals surface area (Å²) in [4.78, 5) is 0. The highest BCUT2D eigenvalue weighted by molar-refractivity contribution is 4.88. The third kappa shape index (κ3) is 0.971. The maximum Gasteiger partial charge on any atom is 0.0742 e. The van der Waals surface area contributed by atoms with Crippen LogP contribution in [0.3, 0.4) is 0 Å². The second-order valence-corrected chi connectivity index (χ2v) is 2.07. The first-order valence-electron chi connectivity index (χ1n) is 2.67. The molecule has 0 aliphatic carbocycles. The van der Waals surface area contributed by atoms with Gasteiger partial charge in [-0.05, 0) is 0 Å². The number of rotatable bonds is 0. The number of nitriles is 1. The molecule has 1 unspecified atom stereocenters. The summed E-state index contributed by atoms with van der Waals surface area (Å²) in [6.07, 6.45) is 0. The minimum Gasteiger partial charge on any atom is -0.254 e. The van der Waals surface area contributed by atoms with E-state index in [1.807, 2.05) is 12.1 Å². The lowest BCUT2D eigenvalue weighted by Gasteiger charge is -2.03. The van der Waals surface area contributed by atoms with Gasteiger partial charge in [-0.3, -0.25) is 5.43 Å². The number of hydrogen-bond donors (Lipinski definition) is 1. The van der Waals surface area contributed by atoms with Gasteiger partial charge >= 0.3 is 0 Å². The summed E-state index contributed by atoms with van der Waals surface area (Å²) >= 11 is 0. The van der Waals surface area contributed by atoms with E-state index in [0.717, 1.165) is 13.1 Å². The molecule has 1 aliphatic heterocycles. The standard InChI is InChI=1S/C5H9N3/c1-8-4-5(2-6)3-7-8/h5,7H,3-4H2,1H3. The minimum atomic E-state index is 0.194. The van der Waals surface area contributed by atoms with Gasteiger partial charge in [-0.15, -0.1) is 0 Å². The van der Waals surface area contributed by atoms with E-state index in [1.165, 1.54) is 0 Å². The van der Waals surface area contributed by atoms with Crippen LogP contribution in [0.5, 0.6) is 0 Å². The normalized spacial score (nSPS) is 30.2. The molecule has 44 valence electrons. The Morgan fingerprint density at radius 2 is 2.62 bits per heavy atom. The monoisotopic (exact) mass is 111 g/mol. The topological polar surface area (TPSA) is 39.1 Å². The summed E-state index contributed by atoms with van der Waals surface area (Å²) in [6, 6.07) is 2.19. The molecule has 8 heavy (non-hydrogen) atoms. The largest absolute Gasteiger partial charge is 0.254 e. The van der Waals surface area contributed by atoms with Crippen LogP contribution in [-0.4, -0.2) is 25.1 Å². The molecule has 0 amide bonds. The Labute approximate surface area is 48.9 Å². The Balaban J connectivity index is 2.35. The number of nitrogens with one attached hydrogen (secondary N) is 1. The summed E-state index contributed by atoms with van der Waals surface area (Å²) in [5, 5.41) is 10.3. The Bertz CT molecular complexity index is 115. The maximum absolute atomic E-state index is 8.37. The quantitative estimate of drug-likeness (QED) is 0.461. The third-order valence-electron chi connectivity index (χ3n) is 1.28. The molecule has 0 aromatic carbocycles. The van der Waals surface area contributed by atoms with Crippen LogP contribution in [0, 0.1) is 17.2 Å². The van der Waals surface area contributed by atoms with Crippen molar-refractivity contribution in [1.29, 1.82) is 5.26 Å². The van der Waals surface area contributed by atoms with Gasteiger partial charge in [-0.2, -0.15) is 5.26 Å². The Morgan fingerprint density at radius 1 is 1.88 bits per heavy atom. The lowest BCUT2D eigenvalue weighted by Crippen LogP contribution is -2.25. The number of nitrogens with zero attached hydrogens (tertiary/aromatic N) is 2. The van der Waals surface area contributed by atoms with Crippen molar-refractivity contribution in [1.82, 2.24) is 10.4 Å². The van der Waals surface area contributed by atoms with E-state index in [0.29, 0.717) is 0 Å². The van der Waals surface area contributed by atoms with E-state index >= 15 is 0 Å². The molecule has 1 N–H and O–H groups in total. The fraction of sp³-hybridized carbons (Fsp3) is 0.800. The molecule has 1 rings (SSSR count). The fourth-order valence-electron chi connectivity index (χ4n) is 0.812. The summed E-state index contributed by atoms with van der Waals surface area (Å²) in [7, 11) is 1.94. The first-order valence-corrected chi connectivity index (χ1v) is 2.67. The highest BCUT2D eigenvalue weighted by atomic mass is 15.5. The van der Waals surface area contributed by atoms with Crippen LogP contribution in [0.2, 0.25) is 0 Å². The second kappa shape index (κ2) is 2.12. The average molecular weight is 111 g/mol. The maximum atomic E-state index is 8.37. The van der Waals surface area contributed by atoms with Crippen LogP contribution in [0.4, 0.5) is 0 Å². The van der Waals surface area contributed by atoms with E-state index in [2.05, 4.69) is 11.5 Å². The average Bonchev–Trinajstić information content (AvgIpc) is 2.14. The van der Waals surface area contributed by atoms with E-state index in [9.17, 15) is 0 Å². The van der Waals surface area contributed by atoms with Crippen LogP contribution in [0.1, 0.15) is 0 Å². The minimum absolute atomic E-state index is 0.194. The van der Waals surface area contributed by atoms with Crippen molar-refractivity contribution in [3.8, 4) is 6.07 Å². The molecule has 1 fully saturated rings. The van der Waals surface area contributed by atoms with Crippen LogP contribution in [0.15, 0.2) is 0 Å². The second-order valence-electron chi connectivity index (χ2n) is 2.07. The molecular weight excluding hydrogens is 102 g/mol. The van der Waals surface area contributed by atoms with Crippen LogP contribution < -0.4 is 5.43 Å². The van der Waals surface area contributed by atoms with Crippen molar-refractivity contribution in [2.45, 2.75) is 0 Å². The van der Waals surface area contributed by atoms with E-state index < -0.39 is 0 Å². The molecule has 0 spiro atoms. The van der Waals surface area contributed by atoms with Crippen LogP contribution in [-0.2, 0) is 0 Å². The molecule has 3 heteroatoms. The Hall–Kier alpha value is -0.590. The third-order valence-corrected chi connectivity index (χ3v) is 1.28. The molecule has 1 atom stereocenters. The summed E-state index contributed by atoms with van der Waals surface area (Å²) in [5.41, 5.74) is 3.03. The van der Waals surface area contributed by atoms with Gasteiger partial charge in [0.05, 0.1) is 12.0 Å². The van der Waals surface area contributed by atoms with E-state index in [-0.39, 0.29) is 5.92 Å². The summed E-state index contributed by atoms with van der Waals surface area (Å²) in [6.45, 7) is 1.67. The SMILES string of the molecule is CN1CC(C#N)CN1. The number of hydrogen-bond acceptors (Lipinski definition) is 3. The van der Waals surface area contributed by atoms with Crippen LogP contribution in [0.25, 0.3) is 0 Å². The summed E-state index contributed by atoms with van der Waals surface area (Å²) in [5.74, 6) is 0.194. The zero-order chi connectivity index (χ0) is 5.98. The lowest BCUT2D eigenvalue weighted by molar-refractivity contribution is 0.313. The zero-order valence-corrected chi connectivity index (χ0v) is 4.89. The molecule has 1 saturated heterocycles. The van der Waals surface area contributed by atoms with Gasteiger partial charge in [-0.1, -0.05) is 0 Å². The molecule has 0 bridgehead atoms. The van der Waals surface area contributed by atoms with Crippen molar-refractivity contribution in [3.05, 3.63) is 0 Å². The fourth-order valence-corrected chi connectivity index (χ4v) is 0.812. The number of hydrazine groups is 1. The van der Waals surface area contributed by atoms with Gasteiger partial charge in [-0.25, -0.2) is 5.01 Å². The molecule has 1 heterocycles. The van der Waals surface area contributed by atoms with E-state index in [4.69, 9.17) is 5.26 Å². The highest BCUT2D eigenvalue weighted by Crippen LogP contribution is 2.00. The van der Waals surface area contributed by atoms with Crippen molar-refractivity contribution < 1.29 is 0 Å². The highest BCUT2D eigenvalue weighted by Gasteiger charge is 2.16. The van der Waals surface area contributed by atoms with Gasteiger partial charge in [0.25, 0.3) is 0 Å². The first-order chi connectivity index (χ1) is 3.83. The van der Waals surface area contributed by atoms with Gasteiger partial charge in [0.1, 0.15) is 0 Å².